The van der Waals surface area contributed by atoms with Crippen molar-refractivity contribution in [3.63, 3.8) is 0 Å². The number of para-hydroxylation sites is 2. The Morgan fingerprint density at radius 1 is 0.462 bits per heavy atom. The lowest BCUT2D eigenvalue weighted by molar-refractivity contribution is -0.147. The van der Waals surface area contributed by atoms with E-state index in [0.717, 1.165) is 44.8 Å². The largest absolute Gasteiger partial charge is 0.490 e. The van der Waals surface area contributed by atoms with E-state index in [9.17, 15) is 9.59 Å². The zero-order valence-electron chi connectivity index (χ0n) is 28.5. The molecule has 0 aliphatic heterocycles. The molecule has 0 amide bonds. The van der Waals surface area contributed by atoms with Crippen molar-refractivity contribution in [2.45, 2.75) is 12.2 Å². The third-order valence-corrected chi connectivity index (χ3v) is 8.13. The van der Waals surface area contributed by atoms with Gasteiger partial charge < -0.3 is 28.4 Å². The van der Waals surface area contributed by atoms with E-state index < -0.39 is 24.1 Å². The second-order valence-electron chi connectivity index (χ2n) is 11.8. The van der Waals surface area contributed by atoms with Crippen molar-refractivity contribution in [3.05, 3.63) is 159 Å². The van der Waals surface area contributed by atoms with Crippen molar-refractivity contribution in [2.75, 3.05) is 26.4 Å². The van der Waals surface area contributed by atoms with Crippen LogP contribution in [0.4, 0.5) is 0 Å². The van der Waals surface area contributed by atoms with Gasteiger partial charge in [-0.15, -0.1) is 0 Å². The first-order valence-electron chi connectivity index (χ1n) is 16.8. The van der Waals surface area contributed by atoms with Gasteiger partial charge in [0.2, 0.25) is 0 Å². The number of rotatable bonds is 17. The lowest BCUT2D eigenvalue weighted by Crippen LogP contribution is -2.31. The highest BCUT2D eigenvalue weighted by Gasteiger charge is 2.20. The summed E-state index contributed by atoms with van der Waals surface area (Å²) in [6, 6.07) is 42.5. The van der Waals surface area contributed by atoms with Gasteiger partial charge in [0.1, 0.15) is 49.4 Å². The molecule has 0 heterocycles. The molecule has 0 saturated carbocycles. The van der Waals surface area contributed by atoms with Crippen LogP contribution >= 0.6 is 0 Å². The summed E-state index contributed by atoms with van der Waals surface area (Å²) < 4.78 is 35.8. The number of carbonyl (C=O) groups excluding carboxylic acids is 2. The third-order valence-electron chi connectivity index (χ3n) is 8.13. The highest BCUT2D eigenvalue weighted by atomic mass is 16.6. The number of fused-ring (bicyclic) bond motifs is 2. The minimum Gasteiger partial charge on any atom is -0.490 e. The molecule has 0 radical (unpaired) electrons. The quantitative estimate of drug-likeness (QED) is 0.0692. The average molecular weight is 695 g/mol. The van der Waals surface area contributed by atoms with E-state index in [4.69, 9.17) is 28.4 Å². The number of benzene rings is 6. The maximum atomic E-state index is 12.2. The van der Waals surface area contributed by atoms with Gasteiger partial charge in [-0.05, 0) is 57.9 Å². The van der Waals surface area contributed by atoms with Crippen molar-refractivity contribution in [3.8, 4) is 34.1 Å². The van der Waals surface area contributed by atoms with Crippen LogP contribution in [0.1, 0.15) is 0 Å². The molecule has 262 valence electrons. The van der Waals surface area contributed by atoms with Crippen LogP contribution in [0.2, 0.25) is 0 Å². The SMILES string of the molecule is C=CC(=O)OC(COc1ccc2ccccc2c1)COc1ccccc1-c1ccccc1OCC(COc1ccc2ccccc2c1)OC(=O)C=C. The minimum absolute atomic E-state index is 0.0128. The van der Waals surface area contributed by atoms with E-state index in [-0.39, 0.29) is 26.4 Å². The molecule has 2 atom stereocenters. The number of hydrogen-bond donors (Lipinski definition) is 0. The molecule has 8 nitrogen and oxygen atoms in total. The first-order valence-corrected chi connectivity index (χ1v) is 16.8. The van der Waals surface area contributed by atoms with Gasteiger partial charge in [-0.1, -0.05) is 110 Å². The summed E-state index contributed by atoms with van der Waals surface area (Å²) in [4.78, 5) is 24.5. The van der Waals surface area contributed by atoms with Gasteiger partial charge in [0.05, 0.1) is 0 Å². The Hall–Kier alpha value is -6.54. The summed E-state index contributed by atoms with van der Waals surface area (Å²) in [5.41, 5.74) is 1.49. The van der Waals surface area contributed by atoms with Crippen LogP contribution in [0.3, 0.4) is 0 Å². The molecule has 6 aromatic rings. The summed E-state index contributed by atoms with van der Waals surface area (Å²) in [7, 11) is 0. The maximum absolute atomic E-state index is 12.2. The monoisotopic (exact) mass is 694 g/mol. The lowest BCUT2D eigenvalue weighted by atomic mass is 10.0. The molecule has 0 spiro atoms. The maximum Gasteiger partial charge on any atom is 0.330 e. The molecule has 6 rings (SSSR count). The average Bonchev–Trinajstić information content (AvgIpc) is 3.19. The molecule has 2 unspecified atom stereocenters. The molecule has 52 heavy (non-hydrogen) atoms. The fourth-order valence-corrected chi connectivity index (χ4v) is 5.55. The van der Waals surface area contributed by atoms with Gasteiger partial charge in [-0.2, -0.15) is 0 Å². The van der Waals surface area contributed by atoms with Crippen LogP contribution in [0.5, 0.6) is 23.0 Å². The Bertz CT molecular complexity index is 2020. The molecule has 0 fully saturated rings. The number of esters is 2. The highest BCUT2D eigenvalue weighted by Crippen LogP contribution is 2.36. The number of hydrogen-bond acceptors (Lipinski definition) is 8. The minimum atomic E-state index is -0.737. The zero-order chi connectivity index (χ0) is 36.1. The summed E-state index contributed by atoms with van der Waals surface area (Å²) in [5, 5.41) is 4.26. The molecule has 0 N–H and O–H groups in total. The lowest BCUT2D eigenvalue weighted by Gasteiger charge is -2.21. The topological polar surface area (TPSA) is 89.5 Å². The van der Waals surface area contributed by atoms with Gasteiger partial charge in [0.15, 0.2) is 12.2 Å². The van der Waals surface area contributed by atoms with Crippen LogP contribution in [0.25, 0.3) is 32.7 Å². The Morgan fingerprint density at radius 3 is 1.25 bits per heavy atom. The van der Waals surface area contributed by atoms with E-state index in [2.05, 4.69) is 13.2 Å². The van der Waals surface area contributed by atoms with E-state index in [0.29, 0.717) is 23.0 Å². The molecule has 0 saturated heterocycles. The fourth-order valence-electron chi connectivity index (χ4n) is 5.55. The molecule has 0 aliphatic carbocycles. The Labute approximate surface area is 302 Å². The van der Waals surface area contributed by atoms with Crippen molar-refractivity contribution in [1.29, 1.82) is 0 Å². The van der Waals surface area contributed by atoms with Crippen LogP contribution in [0, 0.1) is 0 Å². The standard InChI is InChI=1S/C44H38O8/c1-3-43(45)51-37(27-47-35-23-21-31-13-5-7-15-33(31)25-35)29-49-41-19-11-9-17-39(41)40-18-10-12-20-42(40)50-30-38(52-44(46)4-2)28-48-36-24-22-32-14-6-8-16-34(32)26-36/h3-26,37-38H,1-2,27-30H2. The van der Waals surface area contributed by atoms with Gasteiger partial charge >= 0.3 is 11.9 Å². The second-order valence-corrected chi connectivity index (χ2v) is 11.8. The first-order chi connectivity index (χ1) is 25.5. The molecular weight excluding hydrogens is 656 g/mol. The zero-order valence-corrected chi connectivity index (χ0v) is 28.5. The number of carbonyl (C=O) groups is 2. The smallest absolute Gasteiger partial charge is 0.330 e. The van der Waals surface area contributed by atoms with Gasteiger partial charge in [-0.3, -0.25) is 0 Å². The van der Waals surface area contributed by atoms with Gasteiger partial charge in [0.25, 0.3) is 0 Å². The Kier molecular flexibility index (Phi) is 11.8. The van der Waals surface area contributed by atoms with Crippen LogP contribution in [-0.4, -0.2) is 50.6 Å². The number of ether oxygens (including phenoxy) is 6. The summed E-state index contributed by atoms with van der Waals surface area (Å²) in [5.74, 6) is 1.20. The third kappa shape index (κ3) is 9.37. The highest BCUT2D eigenvalue weighted by molar-refractivity contribution is 5.85. The normalized spacial score (nSPS) is 11.9. The summed E-state index contributed by atoms with van der Waals surface area (Å²) in [6.45, 7) is 7.20. The molecule has 8 heteroatoms. The molecule has 0 bridgehead atoms. The van der Waals surface area contributed by atoms with Gasteiger partial charge in [0, 0.05) is 23.3 Å². The predicted molar refractivity (Wildman–Crippen MR) is 202 cm³/mol. The summed E-state index contributed by atoms with van der Waals surface area (Å²) in [6.07, 6.45) is 0.743. The van der Waals surface area contributed by atoms with E-state index in [1.807, 2.05) is 133 Å². The summed E-state index contributed by atoms with van der Waals surface area (Å²) >= 11 is 0. The van der Waals surface area contributed by atoms with Crippen LogP contribution in [0.15, 0.2) is 159 Å². The van der Waals surface area contributed by atoms with E-state index in [1.54, 1.807) is 0 Å². The van der Waals surface area contributed by atoms with E-state index in [1.165, 1.54) is 0 Å². The fraction of sp³-hybridized carbons (Fsp3) is 0.136. The molecular formula is C44H38O8. The van der Waals surface area contributed by atoms with Gasteiger partial charge in [-0.25, -0.2) is 9.59 Å². The Balaban J connectivity index is 1.14. The second kappa shape index (κ2) is 17.4. The van der Waals surface area contributed by atoms with Crippen molar-refractivity contribution in [2.24, 2.45) is 0 Å². The molecule has 6 aromatic carbocycles. The first kappa shape index (κ1) is 35.3. The van der Waals surface area contributed by atoms with Crippen molar-refractivity contribution in [1.82, 2.24) is 0 Å². The molecule has 0 aliphatic rings. The van der Waals surface area contributed by atoms with Crippen LogP contribution in [-0.2, 0) is 19.1 Å². The van der Waals surface area contributed by atoms with Crippen molar-refractivity contribution < 1.29 is 38.0 Å². The van der Waals surface area contributed by atoms with Crippen molar-refractivity contribution >= 4 is 33.5 Å². The molecule has 0 aromatic heterocycles. The predicted octanol–water partition coefficient (Wildman–Crippen LogP) is 8.77. The Morgan fingerprint density at radius 2 is 0.827 bits per heavy atom. The van der Waals surface area contributed by atoms with E-state index >= 15 is 0 Å². The van der Waals surface area contributed by atoms with Crippen LogP contribution < -0.4 is 18.9 Å².